The van der Waals surface area contributed by atoms with Crippen LogP contribution in [0.25, 0.3) is 0 Å². The number of rotatable bonds is 5. The van der Waals surface area contributed by atoms with Crippen molar-refractivity contribution in [2.75, 3.05) is 13.1 Å². The molecule has 4 heteroatoms. The monoisotopic (exact) mass is 304 g/mol. The fraction of sp³-hybridized carbons (Fsp3) is 0.611. The van der Waals surface area contributed by atoms with E-state index in [0.29, 0.717) is 6.54 Å². The van der Waals surface area contributed by atoms with Crippen molar-refractivity contribution in [1.82, 2.24) is 10.2 Å². The molecule has 0 aromatic heterocycles. The molecule has 1 heterocycles. The van der Waals surface area contributed by atoms with Crippen LogP contribution in [0.5, 0.6) is 0 Å². The summed E-state index contributed by atoms with van der Waals surface area (Å²) in [6, 6.07) is 10.5. The van der Waals surface area contributed by atoms with Gasteiger partial charge in [-0.2, -0.15) is 0 Å². The Labute approximate surface area is 133 Å². The van der Waals surface area contributed by atoms with Gasteiger partial charge in [-0.25, -0.2) is 4.79 Å². The molecular formula is C18H28N2O2. The number of aliphatic hydroxyl groups is 1. The minimum atomic E-state index is -0.342. The van der Waals surface area contributed by atoms with E-state index in [-0.39, 0.29) is 24.1 Å². The maximum Gasteiger partial charge on any atom is 0.317 e. The van der Waals surface area contributed by atoms with Crippen molar-refractivity contribution < 1.29 is 9.90 Å². The van der Waals surface area contributed by atoms with Crippen molar-refractivity contribution in [1.29, 1.82) is 0 Å². The lowest BCUT2D eigenvalue weighted by molar-refractivity contribution is 0.0734. The Balaban J connectivity index is 1.76. The second-order valence-corrected chi connectivity index (χ2v) is 6.46. The molecule has 0 radical (unpaired) electrons. The molecule has 0 spiro atoms. The van der Waals surface area contributed by atoms with Gasteiger partial charge in [-0.3, -0.25) is 0 Å². The van der Waals surface area contributed by atoms with Crippen LogP contribution in [0.4, 0.5) is 4.79 Å². The molecule has 0 bridgehead atoms. The van der Waals surface area contributed by atoms with Crippen LogP contribution < -0.4 is 5.32 Å². The zero-order chi connectivity index (χ0) is 15.9. The quantitative estimate of drug-likeness (QED) is 0.879. The highest BCUT2D eigenvalue weighted by atomic mass is 16.3. The Morgan fingerprint density at radius 3 is 2.77 bits per heavy atom. The highest BCUT2D eigenvalue weighted by molar-refractivity contribution is 5.74. The van der Waals surface area contributed by atoms with E-state index in [0.717, 1.165) is 32.2 Å². The molecule has 2 N–H and O–H groups in total. The third kappa shape index (κ3) is 5.02. The van der Waals surface area contributed by atoms with Gasteiger partial charge in [0.1, 0.15) is 0 Å². The van der Waals surface area contributed by atoms with E-state index < -0.39 is 0 Å². The number of likely N-dealkylation sites (tertiary alicyclic amines) is 1. The first-order valence-corrected chi connectivity index (χ1v) is 8.33. The Morgan fingerprint density at radius 2 is 2.09 bits per heavy atom. The number of carbonyl (C=O) groups is 1. The fourth-order valence-corrected chi connectivity index (χ4v) is 2.99. The lowest BCUT2D eigenvalue weighted by Gasteiger charge is -2.34. The van der Waals surface area contributed by atoms with E-state index in [1.165, 1.54) is 5.56 Å². The molecule has 1 aromatic rings. The van der Waals surface area contributed by atoms with Crippen LogP contribution in [0.1, 0.15) is 38.7 Å². The van der Waals surface area contributed by atoms with Gasteiger partial charge in [0.25, 0.3) is 0 Å². The fourth-order valence-electron chi connectivity index (χ4n) is 2.99. The number of carbonyl (C=O) groups excluding carboxylic acids is 1. The average molecular weight is 304 g/mol. The van der Waals surface area contributed by atoms with Crippen LogP contribution in [-0.2, 0) is 6.42 Å². The first kappa shape index (κ1) is 16.8. The maximum absolute atomic E-state index is 12.3. The minimum Gasteiger partial charge on any atom is -0.393 e. The smallest absolute Gasteiger partial charge is 0.317 e. The number of aliphatic hydroxyl groups excluding tert-OH is 1. The number of benzene rings is 1. The van der Waals surface area contributed by atoms with Crippen LogP contribution in [-0.4, -0.2) is 41.3 Å². The summed E-state index contributed by atoms with van der Waals surface area (Å²) in [5.41, 5.74) is 1.30. The van der Waals surface area contributed by atoms with E-state index in [9.17, 15) is 9.90 Å². The van der Waals surface area contributed by atoms with Gasteiger partial charge in [0.2, 0.25) is 0 Å². The number of urea groups is 1. The summed E-state index contributed by atoms with van der Waals surface area (Å²) in [6.45, 7) is 5.32. The Hall–Kier alpha value is -1.55. The number of hydrogen-bond acceptors (Lipinski definition) is 2. The van der Waals surface area contributed by atoms with Crippen LogP contribution in [0.2, 0.25) is 0 Å². The number of hydrogen-bond donors (Lipinski definition) is 2. The van der Waals surface area contributed by atoms with E-state index >= 15 is 0 Å². The highest BCUT2D eigenvalue weighted by Crippen LogP contribution is 2.19. The van der Waals surface area contributed by atoms with E-state index in [1.807, 2.05) is 30.0 Å². The number of nitrogens with one attached hydrogen (secondary N) is 1. The van der Waals surface area contributed by atoms with Crippen molar-refractivity contribution >= 4 is 6.03 Å². The predicted octanol–water partition coefficient (Wildman–Crippen LogP) is 2.81. The Bertz CT molecular complexity index is 461. The molecule has 2 amide bonds. The molecule has 3 atom stereocenters. The van der Waals surface area contributed by atoms with Crippen molar-refractivity contribution in [3.05, 3.63) is 35.9 Å². The molecule has 0 aliphatic carbocycles. The van der Waals surface area contributed by atoms with Gasteiger partial charge < -0.3 is 15.3 Å². The number of piperidine rings is 1. The van der Waals surface area contributed by atoms with Crippen molar-refractivity contribution in [3.8, 4) is 0 Å². The second-order valence-electron chi connectivity index (χ2n) is 6.46. The summed E-state index contributed by atoms with van der Waals surface area (Å²) in [5, 5.41) is 12.8. The minimum absolute atomic E-state index is 0.00547. The molecule has 122 valence electrons. The lowest BCUT2D eigenvalue weighted by atomic mass is 9.94. The summed E-state index contributed by atoms with van der Waals surface area (Å²) >= 11 is 0. The van der Waals surface area contributed by atoms with Gasteiger partial charge in [0.15, 0.2) is 0 Å². The Kier molecular flexibility index (Phi) is 6.25. The number of amides is 2. The first-order chi connectivity index (χ1) is 10.6. The largest absolute Gasteiger partial charge is 0.393 e. The first-order valence-electron chi connectivity index (χ1n) is 8.33. The molecule has 1 aliphatic heterocycles. The van der Waals surface area contributed by atoms with E-state index in [1.54, 1.807) is 0 Å². The molecule has 1 saturated heterocycles. The SMILES string of the molecule is CC(CCc1ccccc1)NC(=O)N1CCCC(C(C)O)C1. The van der Waals surface area contributed by atoms with Gasteiger partial charge in [-0.1, -0.05) is 30.3 Å². The molecule has 1 fully saturated rings. The molecule has 22 heavy (non-hydrogen) atoms. The number of nitrogens with zero attached hydrogens (tertiary/aromatic N) is 1. The third-order valence-corrected chi connectivity index (χ3v) is 4.51. The Morgan fingerprint density at radius 1 is 1.36 bits per heavy atom. The van der Waals surface area contributed by atoms with Crippen LogP contribution >= 0.6 is 0 Å². The van der Waals surface area contributed by atoms with E-state index in [2.05, 4.69) is 24.4 Å². The molecule has 2 rings (SSSR count). The zero-order valence-electron chi connectivity index (χ0n) is 13.7. The summed E-state index contributed by atoms with van der Waals surface area (Å²) in [7, 11) is 0. The summed E-state index contributed by atoms with van der Waals surface area (Å²) in [5.74, 6) is 0.208. The zero-order valence-corrected chi connectivity index (χ0v) is 13.7. The summed E-state index contributed by atoms with van der Waals surface area (Å²) in [4.78, 5) is 14.2. The predicted molar refractivity (Wildman–Crippen MR) is 88.7 cm³/mol. The van der Waals surface area contributed by atoms with Crippen molar-refractivity contribution in [2.24, 2.45) is 5.92 Å². The summed E-state index contributed by atoms with van der Waals surface area (Å²) in [6.07, 6.45) is 3.54. The second kappa shape index (κ2) is 8.18. The van der Waals surface area contributed by atoms with Crippen LogP contribution in [0, 0.1) is 5.92 Å². The van der Waals surface area contributed by atoms with Gasteiger partial charge in [-0.15, -0.1) is 0 Å². The normalized spacial score (nSPS) is 21.2. The van der Waals surface area contributed by atoms with Crippen LogP contribution in [0.3, 0.4) is 0 Å². The maximum atomic E-state index is 12.3. The molecule has 0 saturated carbocycles. The standard InChI is InChI=1S/C18H28N2O2/c1-14(10-11-16-7-4-3-5-8-16)19-18(22)20-12-6-9-17(13-20)15(2)21/h3-5,7-8,14-15,17,21H,6,9-13H2,1-2H3,(H,19,22). The van der Waals surface area contributed by atoms with Crippen LogP contribution in [0.15, 0.2) is 30.3 Å². The molecule has 1 aliphatic rings. The lowest BCUT2D eigenvalue weighted by Crippen LogP contribution is -2.49. The van der Waals surface area contributed by atoms with E-state index in [4.69, 9.17) is 0 Å². The highest BCUT2D eigenvalue weighted by Gasteiger charge is 2.26. The molecular weight excluding hydrogens is 276 g/mol. The topological polar surface area (TPSA) is 52.6 Å². The van der Waals surface area contributed by atoms with Gasteiger partial charge >= 0.3 is 6.03 Å². The molecule has 1 aromatic carbocycles. The third-order valence-electron chi connectivity index (χ3n) is 4.51. The van der Waals surface area contributed by atoms with Gasteiger partial charge in [0, 0.05) is 25.0 Å². The number of aryl methyl sites for hydroxylation is 1. The summed E-state index contributed by atoms with van der Waals surface area (Å²) < 4.78 is 0. The molecule has 4 nitrogen and oxygen atoms in total. The molecule has 3 unspecified atom stereocenters. The van der Waals surface area contributed by atoms with Gasteiger partial charge in [0.05, 0.1) is 6.10 Å². The van der Waals surface area contributed by atoms with Crippen molar-refractivity contribution in [2.45, 2.75) is 51.7 Å². The van der Waals surface area contributed by atoms with Gasteiger partial charge in [-0.05, 0) is 45.1 Å². The van der Waals surface area contributed by atoms with Crippen molar-refractivity contribution in [3.63, 3.8) is 0 Å². The average Bonchev–Trinajstić information content (AvgIpc) is 2.54.